The van der Waals surface area contributed by atoms with E-state index in [1.54, 1.807) is 36.4 Å². The van der Waals surface area contributed by atoms with Crippen molar-refractivity contribution >= 4 is 63.3 Å². The Labute approximate surface area is 245 Å². The third-order valence-electron chi connectivity index (χ3n) is 6.38. The minimum atomic E-state index is -4.67. The molecule has 0 bridgehead atoms. The molecule has 215 valence electrons. The van der Waals surface area contributed by atoms with Gasteiger partial charge in [-0.15, -0.1) is 23.0 Å². The molecule has 0 fully saturated rings. The van der Waals surface area contributed by atoms with Gasteiger partial charge in [0, 0.05) is 17.1 Å². The van der Waals surface area contributed by atoms with E-state index in [2.05, 4.69) is 0 Å². The van der Waals surface area contributed by atoms with Crippen molar-refractivity contribution < 1.29 is 64.9 Å². The predicted octanol–water partition coefficient (Wildman–Crippen LogP) is 2.20. The monoisotopic (exact) mass is 638 g/mol. The van der Waals surface area contributed by atoms with E-state index in [0.717, 1.165) is 24.3 Å². The summed E-state index contributed by atoms with van der Waals surface area (Å²) in [5.74, 6) is -3.00. The topological polar surface area (TPSA) is 207 Å². The number of hydrogen-bond donors (Lipinski definition) is 0. The fourth-order valence-electron chi connectivity index (χ4n) is 4.52. The van der Waals surface area contributed by atoms with Gasteiger partial charge in [0.1, 0.15) is 20.2 Å². The van der Waals surface area contributed by atoms with Crippen molar-refractivity contribution in [1.29, 1.82) is 0 Å². The van der Waals surface area contributed by atoms with Crippen LogP contribution in [0.3, 0.4) is 0 Å². The Kier molecular flexibility index (Phi) is 7.80. The molecule has 0 saturated carbocycles. The molecular formula is C28H15CuO10S2-5. The number of rotatable bonds is 2. The molecule has 1 radical (unpaired) electrons. The fourth-order valence-corrected chi connectivity index (χ4v) is 5.52. The molecule has 0 atom stereocenters. The molecule has 10 nitrogen and oxygen atoms in total. The molecule has 0 aliphatic rings. The van der Waals surface area contributed by atoms with Gasteiger partial charge in [-0.3, -0.25) is 0 Å². The maximum absolute atomic E-state index is 12.0. The van der Waals surface area contributed by atoms with Gasteiger partial charge in [0.25, 0.3) is 0 Å². The second kappa shape index (κ2) is 10.7. The van der Waals surface area contributed by atoms with Crippen LogP contribution in [-0.2, 0) is 37.3 Å². The molecule has 0 amide bonds. The van der Waals surface area contributed by atoms with E-state index in [4.69, 9.17) is 0 Å². The van der Waals surface area contributed by atoms with Crippen LogP contribution in [-0.4, -0.2) is 25.9 Å². The third kappa shape index (κ3) is 5.34. The molecule has 6 rings (SSSR count). The molecular weight excluding hydrogens is 624 g/mol. The van der Waals surface area contributed by atoms with Crippen LogP contribution in [0.2, 0.25) is 0 Å². The van der Waals surface area contributed by atoms with Gasteiger partial charge >= 0.3 is 1.43 Å². The van der Waals surface area contributed by atoms with Crippen LogP contribution in [0, 0.1) is 0 Å². The fraction of sp³-hybridized carbons (Fsp3) is 0. The van der Waals surface area contributed by atoms with Gasteiger partial charge in [-0.1, -0.05) is 60.7 Å². The van der Waals surface area contributed by atoms with Gasteiger partial charge in [-0.2, -0.15) is 0 Å². The van der Waals surface area contributed by atoms with E-state index in [-0.39, 0.29) is 40.0 Å². The first kappa shape index (κ1) is 29.9. The molecule has 0 unspecified atom stereocenters. The van der Waals surface area contributed by atoms with Crippen molar-refractivity contribution in [2.24, 2.45) is 0 Å². The zero-order valence-corrected chi connectivity index (χ0v) is 22.9. The summed E-state index contributed by atoms with van der Waals surface area (Å²) >= 11 is 0. The molecule has 0 aromatic heterocycles. The van der Waals surface area contributed by atoms with Gasteiger partial charge in [0.15, 0.2) is 0 Å². The predicted molar refractivity (Wildman–Crippen MR) is 138 cm³/mol. The number of benzene rings is 6. The average Bonchev–Trinajstić information content (AvgIpc) is 2.93. The molecule has 13 heteroatoms. The molecule has 0 aliphatic carbocycles. The summed E-state index contributed by atoms with van der Waals surface area (Å²) in [6, 6.07) is 20.1. The Morgan fingerprint density at radius 2 is 0.683 bits per heavy atom. The Balaban J connectivity index is 0.000000220. The summed E-state index contributed by atoms with van der Waals surface area (Å²) in [7, 11) is -9.34. The number of fused-ring (bicyclic) bond motifs is 6. The first-order valence-electron chi connectivity index (χ1n) is 11.4. The van der Waals surface area contributed by atoms with Gasteiger partial charge < -0.3 is 29.5 Å². The summed E-state index contributed by atoms with van der Waals surface area (Å²) in [6.07, 6.45) is 0. The van der Waals surface area contributed by atoms with Crippen LogP contribution in [0.5, 0.6) is 23.0 Å². The molecule has 0 aliphatic heterocycles. The van der Waals surface area contributed by atoms with Crippen LogP contribution in [0.1, 0.15) is 1.43 Å². The van der Waals surface area contributed by atoms with Crippen LogP contribution < -0.4 is 20.4 Å². The van der Waals surface area contributed by atoms with Crippen molar-refractivity contribution in [3.63, 3.8) is 0 Å². The third-order valence-corrected chi connectivity index (χ3v) is 8.05. The maximum Gasteiger partial charge on any atom is 1.00 e. The Hall–Kier alpha value is -4.10. The van der Waals surface area contributed by atoms with Gasteiger partial charge in [0.05, 0.1) is 9.79 Å². The van der Waals surface area contributed by atoms with Crippen LogP contribution >= 0.6 is 0 Å². The summed E-state index contributed by atoms with van der Waals surface area (Å²) in [6.45, 7) is 0. The smallest absolute Gasteiger partial charge is 0.872 e. The second-order valence-electron chi connectivity index (χ2n) is 8.73. The summed E-state index contributed by atoms with van der Waals surface area (Å²) in [5.41, 5.74) is 0. The standard InChI is InChI=1S/2C14H10O5S.Cu/c2*15-13-11-4-2-1-3-9(11)10-6-5-8(20(17,18)19)7-12(10)14(13)16;/h2*1-7,15-16H,(H,17,18,19);/p-5. The largest absolute Gasteiger partial charge is 1.00 e. The molecule has 0 heterocycles. The van der Waals surface area contributed by atoms with Gasteiger partial charge in [0.2, 0.25) is 0 Å². The van der Waals surface area contributed by atoms with Crippen molar-refractivity contribution in [1.82, 2.24) is 0 Å². The van der Waals surface area contributed by atoms with Crippen LogP contribution in [0.25, 0.3) is 43.1 Å². The molecule has 6 aromatic carbocycles. The zero-order chi connectivity index (χ0) is 29.0. The van der Waals surface area contributed by atoms with Crippen molar-refractivity contribution in [3.8, 4) is 23.0 Å². The Morgan fingerprint density at radius 3 is 1.00 bits per heavy atom. The van der Waals surface area contributed by atoms with E-state index in [1.807, 2.05) is 0 Å². The Morgan fingerprint density at radius 1 is 0.415 bits per heavy atom. The van der Waals surface area contributed by atoms with E-state index in [1.165, 1.54) is 24.3 Å². The molecule has 0 N–H and O–H groups in total. The van der Waals surface area contributed by atoms with Crippen LogP contribution in [0.15, 0.2) is 94.7 Å². The van der Waals surface area contributed by atoms with E-state index >= 15 is 0 Å². The molecule has 6 aromatic rings. The van der Waals surface area contributed by atoms with Gasteiger partial charge in [-0.05, 0) is 67.4 Å². The molecule has 41 heavy (non-hydrogen) atoms. The maximum atomic E-state index is 12.0. The number of hydrogen-bond acceptors (Lipinski definition) is 10. The summed E-state index contributed by atoms with van der Waals surface area (Å²) < 4.78 is 66.0. The first-order chi connectivity index (χ1) is 18.8. The average molecular weight is 639 g/mol. The van der Waals surface area contributed by atoms with Crippen molar-refractivity contribution in [2.75, 3.05) is 0 Å². The van der Waals surface area contributed by atoms with Crippen molar-refractivity contribution in [2.45, 2.75) is 9.79 Å². The van der Waals surface area contributed by atoms with Gasteiger partial charge in [-0.25, -0.2) is 16.8 Å². The Bertz CT molecular complexity index is 2060. The minimum absolute atomic E-state index is 0. The van der Waals surface area contributed by atoms with E-state index < -0.39 is 53.0 Å². The zero-order valence-electron chi connectivity index (χ0n) is 21.3. The summed E-state index contributed by atoms with van der Waals surface area (Å²) in [5, 5.41) is 50.4. The molecule has 0 spiro atoms. The van der Waals surface area contributed by atoms with E-state index in [0.29, 0.717) is 21.5 Å². The quantitative estimate of drug-likeness (QED) is 0.153. The second-order valence-corrected chi connectivity index (χ2v) is 11.5. The SMILES string of the molecule is O=S(=O)([O-])c1ccc2c(c1)c([O-])c([O-])c1ccccc12.O=S(=O)([O-])c1ccc2c(c1)c([O-])c([O-])c1ccccc12.[Cu].[H+]. The van der Waals surface area contributed by atoms with E-state index in [9.17, 15) is 46.4 Å². The first-order valence-corrected chi connectivity index (χ1v) is 14.2. The minimum Gasteiger partial charge on any atom is -0.872 e. The normalized spacial score (nSPS) is 11.8. The van der Waals surface area contributed by atoms with Crippen LogP contribution in [0.4, 0.5) is 0 Å². The molecule has 0 saturated heterocycles. The summed E-state index contributed by atoms with van der Waals surface area (Å²) in [4.78, 5) is -1.03. The van der Waals surface area contributed by atoms with Crippen molar-refractivity contribution in [3.05, 3.63) is 84.9 Å².